The summed E-state index contributed by atoms with van der Waals surface area (Å²) in [4.78, 5) is 20.7. The molecule has 0 aliphatic carbocycles. The minimum absolute atomic E-state index is 0.250. The molecule has 0 aromatic heterocycles. The summed E-state index contributed by atoms with van der Waals surface area (Å²) in [5, 5.41) is 6.89. The van der Waals surface area contributed by atoms with Crippen molar-refractivity contribution < 1.29 is 19.4 Å². The molecule has 3 aromatic carbocycles. The second kappa shape index (κ2) is 13.3. The lowest BCUT2D eigenvalue weighted by Gasteiger charge is -2.16. The first-order chi connectivity index (χ1) is 14.7. The molecule has 0 aliphatic heterocycles. The molecule has 152 valence electrons. The van der Waals surface area contributed by atoms with Crippen molar-refractivity contribution in [3.63, 3.8) is 0 Å². The first kappa shape index (κ1) is 22.4. The van der Waals surface area contributed by atoms with Crippen LogP contribution in [0, 0.1) is 0 Å². The molecule has 1 atom stereocenters. The highest BCUT2D eigenvalue weighted by Gasteiger charge is 2.13. The Hall–Kier alpha value is -3.92. The Morgan fingerprint density at radius 1 is 0.800 bits per heavy atom. The van der Waals surface area contributed by atoms with Crippen LogP contribution in [0.2, 0.25) is 0 Å². The van der Waals surface area contributed by atoms with E-state index in [1.54, 1.807) is 6.08 Å². The molecule has 0 radical (unpaired) electrons. The second-order valence-electron chi connectivity index (χ2n) is 6.23. The largest absolute Gasteiger partial charge is 0.483 e. The van der Waals surface area contributed by atoms with Crippen molar-refractivity contribution in [2.24, 2.45) is 0 Å². The SMILES string of the molecule is O=C(/C=C/c1ccccc1)OC(C/C=C/c1ccccc1)c1ccccc1.O=CO. The average molecular weight is 400 g/mol. The number of carbonyl (C=O) groups is 2. The summed E-state index contributed by atoms with van der Waals surface area (Å²) >= 11 is 0. The van der Waals surface area contributed by atoms with Crippen LogP contribution in [0.3, 0.4) is 0 Å². The fraction of sp³-hybridized carbons (Fsp3) is 0.0769. The Labute approximate surface area is 176 Å². The molecule has 3 aromatic rings. The van der Waals surface area contributed by atoms with E-state index >= 15 is 0 Å². The molecular weight excluding hydrogens is 376 g/mol. The van der Waals surface area contributed by atoms with Crippen LogP contribution in [0.15, 0.2) is 103 Å². The Bertz CT molecular complexity index is 933. The van der Waals surface area contributed by atoms with Gasteiger partial charge in [0.05, 0.1) is 0 Å². The van der Waals surface area contributed by atoms with Crippen molar-refractivity contribution in [3.05, 3.63) is 120 Å². The molecule has 0 aliphatic rings. The van der Waals surface area contributed by atoms with Crippen molar-refractivity contribution in [1.29, 1.82) is 0 Å². The standard InChI is InChI=1S/C25H22O2.CH2O2/c26-25(20-19-22-13-6-2-7-14-22)27-24(23-16-8-3-9-17-23)18-10-15-21-11-4-1-5-12-21;2-1-3/h1-17,19-20,24H,18H2;1H,(H,2,3)/b15-10+,20-19+;. The molecule has 30 heavy (non-hydrogen) atoms. The van der Waals surface area contributed by atoms with Crippen LogP contribution in [-0.4, -0.2) is 17.5 Å². The van der Waals surface area contributed by atoms with E-state index in [4.69, 9.17) is 14.6 Å². The van der Waals surface area contributed by atoms with Crippen LogP contribution in [-0.2, 0) is 14.3 Å². The van der Waals surface area contributed by atoms with Crippen LogP contribution in [0.25, 0.3) is 12.2 Å². The maximum Gasteiger partial charge on any atom is 0.331 e. The maximum absolute atomic E-state index is 12.3. The molecule has 0 amide bonds. The van der Waals surface area contributed by atoms with Gasteiger partial charge in [-0.25, -0.2) is 4.79 Å². The van der Waals surface area contributed by atoms with Crippen LogP contribution in [0.1, 0.15) is 29.2 Å². The third-order valence-electron chi connectivity index (χ3n) is 4.10. The second-order valence-corrected chi connectivity index (χ2v) is 6.23. The van der Waals surface area contributed by atoms with E-state index in [0.717, 1.165) is 16.7 Å². The van der Waals surface area contributed by atoms with Gasteiger partial charge < -0.3 is 9.84 Å². The van der Waals surface area contributed by atoms with Gasteiger partial charge in [0.1, 0.15) is 6.10 Å². The first-order valence-corrected chi connectivity index (χ1v) is 9.51. The maximum atomic E-state index is 12.3. The van der Waals surface area contributed by atoms with Gasteiger partial charge in [0, 0.05) is 12.5 Å². The predicted octanol–water partition coefficient (Wildman–Crippen LogP) is 5.79. The third-order valence-corrected chi connectivity index (χ3v) is 4.10. The average Bonchev–Trinajstić information content (AvgIpc) is 2.79. The molecule has 0 saturated heterocycles. The van der Waals surface area contributed by atoms with Crippen LogP contribution < -0.4 is 0 Å². The van der Waals surface area contributed by atoms with E-state index in [9.17, 15) is 4.79 Å². The van der Waals surface area contributed by atoms with Gasteiger partial charge in [-0.2, -0.15) is 0 Å². The Balaban J connectivity index is 0.00000101. The van der Waals surface area contributed by atoms with Gasteiger partial charge >= 0.3 is 5.97 Å². The molecule has 4 heteroatoms. The molecule has 0 fully saturated rings. The van der Waals surface area contributed by atoms with Crippen molar-refractivity contribution in [3.8, 4) is 0 Å². The summed E-state index contributed by atoms with van der Waals surface area (Å²) in [7, 11) is 0. The zero-order valence-electron chi connectivity index (χ0n) is 16.5. The summed E-state index contributed by atoms with van der Waals surface area (Å²) in [5.41, 5.74) is 3.07. The molecule has 0 bridgehead atoms. The summed E-state index contributed by atoms with van der Waals surface area (Å²) in [6.07, 6.45) is 7.63. The molecule has 1 unspecified atom stereocenters. The molecule has 4 nitrogen and oxygen atoms in total. The monoisotopic (exact) mass is 400 g/mol. The lowest BCUT2D eigenvalue weighted by Crippen LogP contribution is -2.08. The highest BCUT2D eigenvalue weighted by Crippen LogP contribution is 2.22. The molecule has 3 rings (SSSR count). The third kappa shape index (κ3) is 8.40. The number of esters is 1. The number of hydrogen-bond donors (Lipinski definition) is 1. The van der Waals surface area contributed by atoms with Crippen molar-refractivity contribution in [2.75, 3.05) is 0 Å². The molecule has 0 spiro atoms. The summed E-state index contributed by atoms with van der Waals surface area (Å²) in [5.74, 6) is -0.346. The summed E-state index contributed by atoms with van der Waals surface area (Å²) in [6, 6.07) is 29.6. The number of rotatable bonds is 7. The Kier molecular flexibility index (Phi) is 9.91. The van der Waals surface area contributed by atoms with Crippen molar-refractivity contribution in [1.82, 2.24) is 0 Å². The number of benzene rings is 3. The molecular formula is C26H24O4. The van der Waals surface area contributed by atoms with Gasteiger partial charge in [-0.1, -0.05) is 103 Å². The summed E-state index contributed by atoms with van der Waals surface area (Å²) < 4.78 is 5.72. The van der Waals surface area contributed by atoms with Gasteiger partial charge in [-0.05, 0) is 22.8 Å². The van der Waals surface area contributed by atoms with Crippen LogP contribution in [0.4, 0.5) is 0 Å². The van der Waals surface area contributed by atoms with E-state index < -0.39 is 0 Å². The van der Waals surface area contributed by atoms with Crippen LogP contribution >= 0.6 is 0 Å². The lowest BCUT2D eigenvalue weighted by atomic mass is 10.1. The number of carbonyl (C=O) groups excluding carboxylic acids is 1. The quantitative estimate of drug-likeness (QED) is 0.310. The van der Waals surface area contributed by atoms with Gasteiger partial charge in [0.2, 0.25) is 0 Å². The smallest absolute Gasteiger partial charge is 0.331 e. The fourth-order valence-corrected chi connectivity index (χ4v) is 2.72. The fourth-order valence-electron chi connectivity index (χ4n) is 2.72. The lowest BCUT2D eigenvalue weighted by molar-refractivity contribution is -0.143. The van der Waals surface area contributed by atoms with Gasteiger partial charge in [-0.15, -0.1) is 0 Å². The van der Waals surface area contributed by atoms with Crippen LogP contribution in [0.5, 0.6) is 0 Å². The highest BCUT2D eigenvalue weighted by atomic mass is 16.5. The molecule has 1 N–H and O–H groups in total. The Morgan fingerprint density at radius 3 is 1.80 bits per heavy atom. The molecule has 0 saturated carbocycles. The van der Waals surface area contributed by atoms with Crippen molar-refractivity contribution >= 4 is 24.6 Å². The van der Waals surface area contributed by atoms with E-state index in [-0.39, 0.29) is 18.5 Å². The number of ether oxygens (including phenoxy) is 1. The number of carboxylic acid groups (broad SMARTS) is 1. The topological polar surface area (TPSA) is 63.6 Å². The zero-order chi connectivity index (χ0) is 21.4. The summed E-state index contributed by atoms with van der Waals surface area (Å²) in [6.45, 7) is -0.250. The normalized spacial score (nSPS) is 11.5. The van der Waals surface area contributed by atoms with Gasteiger partial charge in [-0.3, -0.25) is 4.79 Å². The highest BCUT2D eigenvalue weighted by molar-refractivity contribution is 5.87. The van der Waals surface area contributed by atoms with Gasteiger partial charge in [0.25, 0.3) is 6.47 Å². The minimum atomic E-state index is -0.346. The zero-order valence-corrected chi connectivity index (χ0v) is 16.5. The van der Waals surface area contributed by atoms with Gasteiger partial charge in [0.15, 0.2) is 0 Å². The molecule has 0 heterocycles. The van der Waals surface area contributed by atoms with Crippen molar-refractivity contribution in [2.45, 2.75) is 12.5 Å². The van der Waals surface area contributed by atoms with E-state index in [0.29, 0.717) is 6.42 Å². The predicted molar refractivity (Wildman–Crippen MR) is 120 cm³/mol. The Morgan fingerprint density at radius 2 is 1.27 bits per heavy atom. The minimum Gasteiger partial charge on any atom is -0.483 e. The van der Waals surface area contributed by atoms with E-state index in [1.165, 1.54) is 6.08 Å². The number of hydrogen-bond acceptors (Lipinski definition) is 3. The van der Waals surface area contributed by atoms with E-state index in [2.05, 4.69) is 0 Å². The van der Waals surface area contributed by atoms with E-state index in [1.807, 2.05) is 103 Å². The first-order valence-electron chi connectivity index (χ1n) is 9.51.